The number of aliphatic hydroxyl groups excluding tert-OH is 2. The zero-order valence-corrected chi connectivity index (χ0v) is 15.3. The molecule has 0 aliphatic carbocycles. The maximum atomic E-state index is 11.3. The molecule has 0 unspecified atom stereocenters. The van der Waals surface area contributed by atoms with E-state index < -0.39 is 13.6 Å². The third kappa shape index (κ3) is 17.9. The first-order chi connectivity index (χ1) is 11.2. The molecule has 0 rings (SSSR count). The Morgan fingerprint density at radius 1 is 0.739 bits per heavy atom. The van der Waals surface area contributed by atoms with E-state index in [1.807, 2.05) is 0 Å². The molecule has 5 nitrogen and oxygen atoms in total. The number of ether oxygens (including phenoxy) is 1. The molecular formula is C17H34CoO5. The molecule has 0 aliphatic heterocycles. The predicted molar refractivity (Wildman–Crippen MR) is 86.2 cm³/mol. The van der Waals surface area contributed by atoms with Crippen molar-refractivity contribution in [3.05, 3.63) is 0 Å². The number of unbranched alkanes of at least 4 members (excludes halogenated alkanes) is 9. The van der Waals surface area contributed by atoms with Gasteiger partial charge < -0.3 is 9.84 Å². The van der Waals surface area contributed by atoms with Crippen molar-refractivity contribution in [1.29, 1.82) is 0 Å². The fourth-order valence-corrected chi connectivity index (χ4v) is 3.49. The average Bonchev–Trinajstić information content (AvgIpc) is 2.54. The Morgan fingerprint density at radius 2 is 1.26 bits per heavy atom. The van der Waals surface area contributed by atoms with Gasteiger partial charge in [-0.2, -0.15) is 0 Å². The second kappa shape index (κ2) is 18.0. The van der Waals surface area contributed by atoms with Crippen LogP contribution >= 0.6 is 0 Å². The first-order valence-electron chi connectivity index (χ1n) is 8.79. The van der Waals surface area contributed by atoms with Crippen LogP contribution in [-0.2, 0) is 27.0 Å². The van der Waals surface area contributed by atoms with Gasteiger partial charge in [0.05, 0.1) is 6.61 Å². The van der Waals surface area contributed by atoms with Crippen molar-refractivity contribution < 1.29 is 37.2 Å². The Balaban J connectivity index is 3.13. The van der Waals surface area contributed by atoms with Gasteiger partial charge in [-0.05, 0) is 0 Å². The summed E-state index contributed by atoms with van der Waals surface area (Å²) in [6.45, 7) is 0.0431. The fraction of sp³-hybridized carbons (Fsp3) is 0.941. The number of carbonyl (C=O) groups excluding carboxylic acids is 1. The average molecular weight is 377 g/mol. The van der Waals surface area contributed by atoms with E-state index in [0.29, 0.717) is 11.8 Å². The van der Waals surface area contributed by atoms with Crippen molar-refractivity contribution in [2.45, 2.75) is 81.3 Å². The number of esters is 1. The molecule has 0 aliphatic rings. The van der Waals surface area contributed by atoms with Gasteiger partial charge in [-0.3, -0.25) is 4.79 Å². The molecule has 0 radical (unpaired) electrons. The Kier molecular flexibility index (Phi) is 17.8. The van der Waals surface area contributed by atoms with Crippen molar-refractivity contribution >= 4 is 5.97 Å². The summed E-state index contributed by atoms with van der Waals surface area (Å²) in [6, 6.07) is 0. The molecule has 0 heterocycles. The summed E-state index contributed by atoms with van der Waals surface area (Å²) in [4.78, 5) is 11.2. The number of hydrogen-bond acceptors (Lipinski definition) is 5. The minimum absolute atomic E-state index is 0.0397. The molecule has 0 amide bonds. The monoisotopic (exact) mass is 377 g/mol. The van der Waals surface area contributed by atoms with Crippen LogP contribution in [0.3, 0.4) is 0 Å². The maximum absolute atomic E-state index is 11.3. The van der Waals surface area contributed by atoms with E-state index in [1.165, 1.54) is 32.1 Å². The van der Waals surface area contributed by atoms with Crippen LogP contribution in [-0.4, -0.2) is 36.0 Å². The minimum Gasteiger partial charge on any atom is -0.463 e. The topological polar surface area (TPSA) is 83.8 Å². The van der Waals surface area contributed by atoms with Crippen LogP contribution in [0, 0.1) is 0 Å². The van der Waals surface area contributed by atoms with Gasteiger partial charge in [0.2, 0.25) is 0 Å². The van der Waals surface area contributed by atoms with Gasteiger partial charge >= 0.3 is 116 Å². The van der Waals surface area contributed by atoms with E-state index in [4.69, 9.17) is 14.9 Å². The molecule has 0 saturated carbocycles. The van der Waals surface area contributed by atoms with Gasteiger partial charge in [0, 0.05) is 0 Å². The normalized spacial score (nSPS) is 11.5. The van der Waals surface area contributed by atoms with Gasteiger partial charge in [0.15, 0.2) is 0 Å². The third-order valence-corrected chi connectivity index (χ3v) is 5.31. The molecule has 0 atom stereocenters. The number of hydrogen-bond donors (Lipinski definition) is 2. The van der Waals surface area contributed by atoms with Gasteiger partial charge in [0.1, 0.15) is 6.61 Å². The van der Waals surface area contributed by atoms with E-state index in [0.717, 1.165) is 37.5 Å². The maximum Gasteiger partial charge on any atom is 0.114 e. The van der Waals surface area contributed by atoms with Crippen molar-refractivity contribution in [2.75, 3.05) is 19.8 Å². The summed E-state index contributed by atoms with van der Waals surface area (Å²) in [5, 5.41) is 18.4. The Labute approximate surface area is 144 Å². The summed E-state index contributed by atoms with van der Waals surface area (Å²) in [6.07, 6.45) is 11.9. The van der Waals surface area contributed by atoms with Gasteiger partial charge in [-0.1, -0.05) is 0 Å². The zero-order valence-electron chi connectivity index (χ0n) is 14.3. The van der Waals surface area contributed by atoms with E-state index in [2.05, 4.69) is 0 Å². The Hall–Kier alpha value is -0.304. The molecule has 0 spiro atoms. The quantitative estimate of drug-likeness (QED) is 0.299. The molecule has 0 bridgehead atoms. The van der Waals surface area contributed by atoms with Crippen LogP contribution in [0.15, 0.2) is 0 Å². The summed E-state index contributed by atoms with van der Waals surface area (Å²) >= 11 is -1.15. The Bertz CT molecular complexity index is 297. The second-order valence-corrected chi connectivity index (χ2v) is 7.81. The van der Waals surface area contributed by atoms with Gasteiger partial charge in [-0.25, -0.2) is 0 Å². The molecule has 6 heteroatoms. The Morgan fingerprint density at radius 3 is 1.78 bits per heavy atom. The van der Waals surface area contributed by atoms with E-state index in [9.17, 15) is 8.66 Å². The van der Waals surface area contributed by atoms with Crippen LogP contribution in [0.2, 0.25) is 10.7 Å². The van der Waals surface area contributed by atoms with Gasteiger partial charge in [0.25, 0.3) is 0 Å². The fourth-order valence-electron chi connectivity index (χ4n) is 2.30. The summed E-state index contributed by atoms with van der Waals surface area (Å²) in [7, 11) is 0. The molecule has 0 aromatic heterocycles. The predicted octanol–water partition coefficient (Wildman–Crippen LogP) is 3.61. The van der Waals surface area contributed by atoms with E-state index >= 15 is 0 Å². The largest absolute Gasteiger partial charge is 0.463 e. The molecule has 141 valence electrons. The van der Waals surface area contributed by atoms with Crippen LogP contribution in [0.1, 0.15) is 70.6 Å². The number of carbonyl (C=O) groups is 1. The van der Waals surface area contributed by atoms with Crippen molar-refractivity contribution in [3.63, 3.8) is 0 Å². The van der Waals surface area contributed by atoms with Crippen LogP contribution in [0.25, 0.3) is 0 Å². The smallest absolute Gasteiger partial charge is 0.114 e. The van der Waals surface area contributed by atoms with E-state index in [1.54, 1.807) is 0 Å². The molecule has 23 heavy (non-hydrogen) atoms. The SMILES string of the molecule is O=C(CCCCCCCCCCC[CH2][Co](=[O])[CH2]CO)OCCO. The zero-order chi connectivity index (χ0) is 17.2. The molecule has 0 aromatic carbocycles. The van der Waals surface area contributed by atoms with E-state index in [-0.39, 0.29) is 25.8 Å². The molecular weight excluding hydrogens is 343 g/mol. The first-order valence-corrected chi connectivity index (χ1v) is 10.7. The minimum atomic E-state index is -1.15. The first kappa shape index (κ1) is 22.7. The second-order valence-electron chi connectivity index (χ2n) is 5.65. The van der Waals surface area contributed by atoms with Crippen molar-refractivity contribution in [1.82, 2.24) is 0 Å². The van der Waals surface area contributed by atoms with Crippen LogP contribution < -0.4 is 0 Å². The molecule has 0 saturated heterocycles. The van der Waals surface area contributed by atoms with Crippen LogP contribution in [0.4, 0.5) is 0 Å². The van der Waals surface area contributed by atoms with Crippen molar-refractivity contribution in [2.24, 2.45) is 0 Å². The molecule has 0 fully saturated rings. The number of aliphatic hydroxyl groups is 2. The molecule has 2 N–H and O–H groups in total. The summed E-state index contributed by atoms with van der Waals surface area (Å²) < 4.78 is 16.1. The standard InChI is InChI=1S/C15H29O3.C2H5O.Co.O/c1-2-3-4-5-6-7-8-9-10-11-12-15(17)18-14-13-16;1-2-3;;/h16H,1-14H2;3H,1-2H2;;. The summed E-state index contributed by atoms with van der Waals surface area (Å²) in [5.74, 6) is -0.209. The van der Waals surface area contributed by atoms with Crippen molar-refractivity contribution in [3.8, 4) is 0 Å². The third-order valence-electron chi connectivity index (χ3n) is 3.55. The van der Waals surface area contributed by atoms with Gasteiger partial charge in [-0.15, -0.1) is 0 Å². The molecule has 0 aromatic rings. The van der Waals surface area contributed by atoms with Crippen LogP contribution in [0.5, 0.6) is 0 Å². The number of rotatable bonds is 17. The summed E-state index contributed by atoms with van der Waals surface area (Å²) in [5.41, 5.74) is 0.